The Kier molecular flexibility index (Phi) is 5.10. The van der Waals surface area contributed by atoms with Crippen LogP contribution in [0.4, 0.5) is 13.2 Å². The third-order valence-corrected chi connectivity index (χ3v) is 5.56. The summed E-state index contributed by atoms with van der Waals surface area (Å²) in [6, 6.07) is 10.3. The van der Waals surface area contributed by atoms with Crippen LogP contribution in [0.2, 0.25) is 0 Å². The first-order valence-corrected chi connectivity index (χ1v) is 10.5. The van der Waals surface area contributed by atoms with E-state index in [0.717, 1.165) is 36.9 Å². The van der Waals surface area contributed by atoms with Crippen LogP contribution in [0.25, 0.3) is 10.9 Å². The molecule has 0 spiro atoms. The van der Waals surface area contributed by atoms with E-state index in [2.05, 4.69) is 0 Å². The van der Waals surface area contributed by atoms with Crippen molar-refractivity contribution in [2.24, 2.45) is 0 Å². The number of aromatic nitrogens is 1. The summed E-state index contributed by atoms with van der Waals surface area (Å²) < 4.78 is 63.3. The predicted molar refractivity (Wildman–Crippen MR) is 100 cm³/mol. The van der Waals surface area contributed by atoms with Gasteiger partial charge in [-0.3, -0.25) is 9.36 Å². The summed E-state index contributed by atoms with van der Waals surface area (Å²) in [4.78, 5) is 13.2. The van der Waals surface area contributed by atoms with Gasteiger partial charge in [0.25, 0.3) is 5.91 Å². The van der Waals surface area contributed by atoms with Gasteiger partial charge in [0, 0.05) is 22.9 Å². The maximum Gasteiger partial charge on any atom is 0.416 e. The Hall–Kier alpha value is -2.61. The van der Waals surface area contributed by atoms with Crippen LogP contribution < -0.4 is 0 Å². The van der Waals surface area contributed by atoms with E-state index >= 15 is 0 Å². The minimum absolute atomic E-state index is 0.120. The Labute approximate surface area is 160 Å². The number of nitrogens with zero attached hydrogens (tertiary/aromatic N) is 1. The smallest absolute Gasteiger partial charge is 0.280 e. The van der Waals surface area contributed by atoms with Crippen molar-refractivity contribution in [2.75, 3.05) is 6.26 Å². The normalized spacial score (nSPS) is 12.5. The Balaban J connectivity index is 2.12. The number of fused-ring (bicyclic) bond motifs is 1. The van der Waals surface area contributed by atoms with Crippen LogP contribution in [0.1, 0.15) is 35.0 Å². The van der Waals surface area contributed by atoms with Crippen LogP contribution in [0.15, 0.2) is 53.4 Å². The number of rotatable bonds is 4. The van der Waals surface area contributed by atoms with Crippen LogP contribution >= 0.6 is 0 Å². The van der Waals surface area contributed by atoms with Gasteiger partial charge in [0.2, 0.25) is 0 Å². The number of hydrogen-bond donors (Lipinski definition) is 0. The van der Waals surface area contributed by atoms with E-state index in [1.54, 1.807) is 12.1 Å². The molecule has 2 aromatic carbocycles. The second-order valence-corrected chi connectivity index (χ2v) is 8.61. The fraction of sp³-hybridized carbons (Fsp3) is 0.250. The molecule has 0 unspecified atom stereocenters. The molecule has 0 aliphatic rings. The van der Waals surface area contributed by atoms with Crippen molar-refractivity contribution in [1.82, 2.24) is 4.57 Å². The van der Waals surface area contributed by atoms with Crippen LogP contribution in [0.3, 0.4) is 0 Å². The number of carbonyl (C=O) groups is 1. The van der Waals surface area contributed by atoms with Gasteiger partial charge in [-0.1, -0.05) is 13.3 Å². The van der Waals surface area contributed by atoms with E-state index in [1.165, 1.54) is 16.7 Å². The number of hydrogen-bond acceptors (Lipinski definition) is 3. The molecule has 3 rings (SSSR count). The van der Waals surface area contributed by atoms with Gasteiger partial charge in [-0.15, -0.1) is 0 Å². The molecule has 0 saturated carbocycles. The summed E-state index contributed by atoms with van der Waals surface area (Å²) in [5.74, 6) is -0.459. The van der Waals surface area contributed by atoms with E-state index < -0.39 is 27.5 Å². The van der Waals surface area contributed by atoms with E-state index in [1.807, 2.05) is 6.92 Å². The number of halogens is 3. The van der Waals surface area contributed by atoms with Crippen molar-refractivity contribution in [3.63, 3.8) is 0 Å². The van der Waals surface area contributed by atoms with Crippen molar-refractivity contribution in [1.29, 1.82) is 0 Å². The average molecular weight is 409 g/mol. The lowest BCUT2D eigenvalue weighted by molar-refractivity contribution is -0.137. The highest BCUT2D eigenvalue weighted by Crippen LogP contribution is 2.30. The molecular weight excluding hydrogens is 391 g/mol. The topological polar surface area (TPSA) is 56.1 Å². The molecule has 1 aromatic heterocycles. The summed E-state index contributed by atoms with van der Waals surface area (Å²) in [6.45, 7) is 1.94. The highest BCUT2D eigenvalue weighted by Gasteiger charge is 2.30. The van der Waals surface area contributed by atoms with Crippen LogP contribution in [0.5, 0.6) is 0 Å². The second-order valence-electron chi connectivity index (χ2n) is 6.59. The van der Waals surface area contributed by atoms with Crippen molar-refractivity contribution >= 4 is 26.6 Å². The number of aryl methyl sites for hydroxylation is 1. The SMILES string of the molecule is CCCc1cc2cc(S(C)(=O)=O)ccc2n1C(=O)c1ccc(C(F)(F)F)cc1. The minimum Gasteiger partial charge on any atom is -0.280 e. The standard InChI is InChI=1S/C20H18F3NO3S/c1-3-4-16-11-14-12-17(28(2,26)27)9-10-18(14)24(16)19(25)13-5-7-15(8-6-13)20(21,22)23/h5-12H,3-4H2,1-2H3. The van der Waals surface area contributed by atoms with Gasteiger partial charge < -0.3 is 0 Å². The molecule has 0 aliphatic heterocycles. The molecule has 0 bridgehead atoms. The highest BCUT2D eigenvalue weighted by molar-refractivity contribution is 7.90. The van der Waals surface area contributed by atoms with E-state index in [4.69, 9.17) is 0 Å². The first kappa shape index (κ1) is 20.1. The van der Waals surface area contributed by atoms with Gasteiger partial charge in [0.15, 0.2) is 9.84 Å². The number of benzene rings is 2. The van der Waals surface area contributed by atoms with E-state index in [-0.39, 0.29) is 10.5 Å². The molecule has 1 heterocycles. The molecular formula is C20H18F3NO3S. The third kappa shape index (κ3) is 3.82. The summed E-state index contributed by atoms with van der Waals surface area (Å²) >= 11 is 0. The largest absolute Gasteiger partial charge is 0.416 e. The lowest BCUT2D eigenvalue weighted by Gasteiger charge is -2.11. The summed E-state index contributed by atoms with van der Waals surface area (Å²) in [7, 11) is -3.40. The lowest BCUT2D eigenvalue weighted by Crippen LogP contribution is -2.15. The second kappa shape index (κ2) is 7.09. The van der Waals surface area contributed by atoms with E-state index in [9.17, 15) is 26.4 Å². The monoisotopic (exact) mass is 409 g/mol. The molecule has 3 aromatic rings. The van der Waals surface area contributed by atoms with Crippen LogP contribution in [-0.2, 0) is 22.4 Å². The molecule has 148 valence electrons. The fourth-order valence-corrected chi connectivity index (χ4v) is 3.75. The molecule has 0 saturated heterocycles. The molecule has 0 amide bonds. The van der Waals surface area contributed by atoms with Gasteiger partial charge in [0.05, 0.1) is 16.0 Å². The zero-order valence-electron chi connectivity index (χ0n) is 15.2. The molecule has 28 heavy (non-hydrogen) atoms. The molecule has 8 heteroatoms. The summed E-state index contributed by atoms with van der Waals surface area (Å²) in [6.07, 6.45) is -2.06. The Morgan fingerprint density at radius 1 is 1.04 bits per heavy atom. The Bertz CT molecular complexity index is 1140. The van der Waals surface area contributed by atoms with Gasteiger partial charge >= 0.3 is 6.18 Å². The summed E-state index contributed by atoms with van der Waals surface area (Å²) in [5, 5.41) is 0.589. The molecule has 0 atom stereocenters. The number of sulfone groups is 1. The maximum atomic E-state index is 13.0. The minimum atomic E-state index is -4.48. The Morgan fingerprint density at radius 2 is 1.68 bits per heavy atom. The summed E-state index contributed by atoms with van der Waals surface area (Å²) in [5.41, 5.74) is 0.483. The maximum absolute atomic E-state index is 13.0. The third-order valence-electron chi connectivity index (χ3n) is 4.45. The van der Waals surface area contributed by atoms with E-state index in [0.29, 0.717) is 23.0 Å². The number of alkyl halides is 3. The molecule has 0 N–H and O–H groups in total. The van der Waals surface area contributed by atoms with Gasteiger partial charge in [-0.2, -0.15) is 13.2 Å². The first-order valence-electron chi connectivity index (χ1n) is 8.59. The van der Waals surface area contributed by atoms with Gasteiger partial charge in [-0.05, 0) is 55.0 Å². The van der Waals surface area contributed by atoms with Gasteiger partial charge in [-0.25, -0.2) is 8.42 Å². The zero-order chi connectivity index (χ0) is 20.7. The average Bonchev–Trinajstić information content (AvgIpc) is 2.97. The van der Waals surface area contributed by atoms with Crippen molar-refractivity contribution < 1.29 is 26.4 Å². The molecule has 0 aliphatic carbocycles. The number of carbonyl (C=O) groups excluding carboxylic acids is 1. The first-order chi connectivity index (χ1) is 13.0. The Morgan fingerprint density at radius 3 is 2.21 bits per heavy atom. The van der Waals surface area contributed by atoms with Crippen molar-refractivity contribution in [3.8, 4) is 0 Å². The molecule has 4 nitrogen and oxygen atoms in total. The van der Waals surface area contributed by atoms with Gasteiger partial charge in [0.1, 0.15) is 0 Å². The highest BCUT2D eigenvalue weighted by atomic mass is 32.2. The fourth-order valence-electron chi connectivity index (χ4n) is 3.09. The zero-order valence-corrected chi connectivity index (χ0v) is 16.1. The van der Waals surface area contributed by atoms with Crippen LogP contribution in [0, 0.1) is 0 Å². The van der Waals surface area contributed by atoms with Crippen molar-refractivity contribution in [2.45, 2.75) is 30.8 Å². The predicted octanol–water partition coefficient (Wildman–Crippen LogP) is 4.70. The lowest BCUT2D eigenvalue weighted by atomic mass is 10.1. The van der Waals surface area contributed by atoms with Crippen molar-refractivity contribution in [3.05, 3.63) is 65.4 Å². The van der Waals surface area contributed by atoms with Crippen LogP contribution in [-0.4, -0.2) is 25.1 Å². The molecule has 0 radical (unpaired) electrons. The quantitative estimate of drug-likeness (QED) is 0.627. The molecule has 0 fully saturated rings.